The summed E-state index contributed by atoms with van der Waals surface area (Å²) in [4.78, 5) is 33.7. The van der Waals surface area contributed by atoms with E-state index in [0.29, 0.717) is 44.4 Å². The highest BCUT2D eigenvalue weighted by atomic mass is 16.7. The zero-order chi connectivity index (χ0) is 21.9. The lowest BCUT2D eigenvalue weighted by atomic mass is 10.1. The second kappa shape index (κ2) is 8.93. The molecule has 166 valence electrons. The van der Waals surface area contributed by atoms with Crippen LogP contribution in [0.2, 0.25) is 0 Å². The van der Waals surface area contributed by atoms with Crippen LogP contribution in [0.15, 0.2) is 42.5 Å². The first-order valence-electron chi connectivity index (χ1n) is 10.7. The summed E-state index contributed by atoms with van der Waals surface area (Å²) in [6.45, 7) is 2.61. The Morgan fingerprint density at radius 2 is 1.88 bits per heavy atom. The molecule has 1 aliphatic carbocycles. The molecule has 1 aliphatic heterocycles. The van der Waals surface area contributed by atoms with Crippen molar-refractivity contribution < 1.29 is 19.2 Å². The number of aromatic nitrogens is 3. The van der Waals surface area contributed by atoms with E-state index in [4.69, 9.17) is 9.57 Å². The maximum Gasteiger partial charge on any atom is 0.426 e. The van der Waals surface area contributed by atoms with E-state index >= 15 is 0 Å². The molecule has 3 heterocycles. The quantitative estimate of drug-likeness (QED) is 0.610. The molecule has 10 nitrogen and oxygen atoms in total. The van der Waals surface area contributed by atoms with Gasteiger partial charge in [-0.3, -0.25) is 10.1 Å². The van der Waals surface area contributed by atoms with Gasteiger partial charge in [0, 0.05) is 18.0 Å². The topological polar surface area (TPSA) is 110 Å². The number of hydrogen-bond acceptors (Lipinski definition) is 7. The molecular weight excluding hydrogens is 412 g/mol. The fourth-order valence-electron chi connectivity index (χ4n) is 3.49. The van der Waals surface area contributed by atoms with Gasteiger partial charge in [0.05, 0.1) is 32.0 Å². The molecule has 2 amide bonds. The summed E-state index contributed by atoms with van der Waals surface area (Å²) in [5.74, 6) is 0.383. The van der Waals surface area contributed by atoms with Gasteiger partial charge in [-0.15, -0.1) is 10.2 Å². The molecule has 2 aromatic heterocycles. The van der Waals surface area contributed by atoms with Crippen molar-refractivity contribution in [1.29, 1.82) is 0 Å². The molecule has 0 radical (unpaired) electrons. The smallest absolute Gasteiger partial charge is 0.379 e. The molecule has 0 atom stereocenters. The van der Waals surface area contributed by atoms with Crippen LogP contribution in [0.1, 0.15) is 18.4 Å². The van der Waals surface area contributed by atoms with Crippen molar-refractivity contribution in [2.24, 2.45) is 5.92 Å². The predicted octanol–water partition coefficient (Wildman–Crippen LogP) is 2.22. The Morgan fingerprint density at radius 1 is 1.09 bits per heavy atom. The second-order valence-corrected chi connectivity index (χ2v) is 7.85. The number of amides is 2. The molecule has 0 unspecified atom stereocenters. The van der Waals surface area contributed by atoms with E-state index < -0.39 is 6.09 Å². The normalized spacial score (nSPS) is 16.6. The third-order valence-electron chi connectivity index (χ3n) is 5.41. The highest BCUT2D eigenvalue weighted by Crippen LogP contribution is 2.30. The third kappa shape index (κ3) is 4.71. The molecule has 32 heavy (non-hydrogen) atoms. The maximum absolute atomic E-state index is 12.0. The SMILES string of the molecule is O=C(NCc1ccc(-c2cccc3nc(NC(=O)C4CC4)nn23)cc1)ON1CCOCC1. The van der Waals surface area contributed by atoms with Gasteiger partial charge in [0.15, 0.2) is 5.65 Å². The number of morpholine rings is 1. The number of nitrogens with zero attached hydrogens (tertiary/aromatic N) is 4. The van der Waals surface area contributed by atoms with Gasteiger partial charge in [-0.1, -0.05) is 30.3 Å². The zero-order valence-corrected chi connectivity index (χ0v) is 17.5. The number of carbonyl (C=O) groups is 2. The van der Waals surface area contributed by atoms with E-state index in [2.05, 4.69) is 20.7 Å². The molecular formula is C22H24N6O4. The van der Waals surface area contributed by atoms with Crippen LogP contribution in [0, 0.1) is 5.92 Å². The number of pyridine rings is 1. The summed E-state index contributed by atoms with van der Waals surface area (Å²) in [6, 6.07) is 13.5. The lowest BCUT2D eigenvalue weighted by molar-refractivity contribution is -0.146. The summed E-state index contributed by atoms with van der Waals surface area (Å²) in [6.07, 6.45) is 1.37. The first kappa shape index (κ1) is 20.4. The lowest BCUT2D eigenvalue weighted by Gasteiger charge is -2.24. The molecule has 0 bridgehead atoms. The van der Waals surface area contributed by atoms with Crippen molar-refractivity contribution in [2.75, 3.05) is 31.6 Å². The van der Waals surface area contributed by atoms with Gasteiger partial charge >= 0.3 is 6.09 Å². The fourth-order valence-corrected chi connectivity index (χ4v) is 3.49. The van der Waals surface area contributed by atoms with Crippen LogP contribution in [0.3, 0.4) is 0 Å². The number of carbonyl (C=O) groups excluding carboxylic acids is 2. The van der Waals surface area contributed by atoms with Crippen molar-refractivity contribution in [3.8, 4) is 11.3 Å². The van der Waals surface area contributed by atoms with Gasteiger partial charge < -0.3 is 14.9 Å². The van der Waals surface area contributed by atoms with Crippen LogP contribution >= 0.6 is 0 Å². The molecule has 2 aliphatic rings. The number of anilines is 1. The fraction of sp³-hybridized carbons (Fsp3) is 0.364. The molecule has 1 saturated carbocycles. The Morgan fingerprint density at radius 3 is 2.62 bits per heavy atom. The number of hydroxylamine groups is 2. The number of hydrogen-bond donors (Lipinski definition) is 2. The van der Waals surface area contributed by atoms with Crippen molar-refractivity contribution in [3.63, 3.8) is 0 Å². The summed E-state index contributed by atoms with van der Waals surface area (Å²) in [5.41, 5.74) is 3.40. The van der Waals surface area contributed by atoms with Gasteiger partial charge in [0.2, 0.25) is 11.9 Å². The van der Waals surface area contributed by atoms with E-state index in [1.54, 1.807) is 9.58 Å². The van der Waals surface area contributed by atoms with Crippen molar-refractivity contribution in [1.82, 2.24) is 25.0 Å². The van der Waals surface area contributed by atoms with Gasteiger partial charge in [0.1, 0.15) is 0 Å². The third-order valence-corrected chi connectivity index (χ3v) is 5.41. The number of benzene rings is 1. The largest absolute Gasteiger partial charge is 0.426 e. The monoisotopic (exact) mass is 436 g/mol. The number of fused-ring (bicyclic) bond motifs is 1. The Kier molecular flexibility index (Phi) is 5.70. The molecule has 2 N–H and O–H groups in total. The Labute approximate surface area is 184 Å². The van der Waals surface area contributed by atoms with Crippen molar-refractivity contribution >= 4 is 23.6 Å². The second-order valence-electron chi connectivity index (χ2n) is 7.85. The van der Waals surface area contributed by atoms with Crippen LogP contribution in [-0.2, 0) is 20.9 Å². The van der Waals surface area contributed by atoms with Gasteiger partial charge in [-0.25, -0.2) is 9.31 Å². The predicted molar refractivity (Wildman–Crippen MR) is 115 cm³/mol. The molecule has 3 aromatic rings. The van der Waals surface area contributed by atoms with Gasteiger partial charge in [-0.2, -0.15) is 4.98 Å². The molecule has 10 heteroatoms. The van der Waals surface area contributed by atoms with E-state index in [1.165, 1.54) is 0 Å². The van der Waals surface area contributed by atoms with Crippen LogP contribution < -0.4 is 10.6 Å². The van der Waals surface area contributed by atoms with Crippen LogP contribution in [0.5, 0.6) is 0 Å². The number of rotatable bonds is 6. The summed E-state index contributed by atoms with van der Waals surface area (Å²) in [5, 5.41) is 11.6. The summed E-state index contributed by atoms with van der Waals surface area (Å²) in [7, 11) is 0. The summed E-state index contributed by atoms with van der Waals surface area (Å²) < 4.78 is 6.95. The Bertz CT molecular complexity index is 1120. The first-order valence-corrected chi connectivity index (χ1v) is 10.7. The van der Waals surface area contributed by atoms with Crippen molar-refractivity contribution in [3.05, 3.63) is 48.0 Å². The van der Waals surface area contributed by atoms with Crippen LogP contribution in [0.25, 0.3) is 16.9 Å². The molecule has 5 rings (SSSR count). The highest BCUT2D eigenvalue weighted by Gasteiger charge is 2.30. The summed E-state index contributed by atoms with van der Waals surface area (Å²) >= 11 is 0. The van der Waals surface area contributed by atoms with Crippen LogP contribution in [-0.4, -0.2) is 58.0 Å². The van der Waals surface area contributed by atoms with E-state index in [-0.39, 0.29) is 11.8 Å². The van der Waals surface area contributed by atoms with E-state index in [1.807, 2.05) is 42.5 Å². The Balaban J connectivity index is 1.23. The molecule has 0 spiro atoms. The highest BCUT2D eigenvalue weighted by molar-refractivity contribution is 5.92. The van der Waals surface area contributed by atoms with E-state index in [0.717, 1.165) is 29.7 Å². The van der Waals surface area contributed by atoms with E-state index in [9.17, 15) is 9.59 Å². The molecule has 1 aromatic carbocycles. The van der Waals surface area contributed by atoms with Crippen LogP contribution in [0.4, 0.5) is 10.7 Å². The maximum atomic E-state index is 12.0. The van der Waals surface area contributed by atoms with Crippen molar-refractivity contribution in [2.45, 2.75) is 19.4 Å². The van der Waals surface area contributed by atoms with Gasteiger partial charge in [0.25, 0.3) is 0 Å². The zero-order valence-electron chi connectivity index (χ0n) is 17.5. The number of nitrogens with one attached hydrogen (secondary N) is 2. The Hall–Kier alpha value is -3.50. The molecule has 1 saturated heterocycles. The minimum absolute atomic E-state index is 0.0218. The first-order chi connectivity index (χ1) is 15.7. The van der Waals surface area contributed by atoms with Gasteiger partial charge in [-0.05, 0) is 30.5 Å². The average molecular weight is 436 g/mol. The standard InChI is InChI=1S/C22H24N6O4/c29-20(17-8-9-17)25-21-24-19-3-1-2-18(28(19)26-21)16-6-4-15(5-7-16)14-23-22(30)32-27-10-12-31-13-11-27/h1-7,17H,8-14H2,(H,23,30)(H,25,26,29). The lowest BCUT2D eigenvalue weighted by Crippen LogP contribution is -2.40. The minimum Gasteiger partial charge on any atom is -0.379 e. The number of ether oxygens (including phenoxy) is 1. The molecule has 2 fully saturated rings. The average Bonchev–Trinajstić information content (AvgIpc) is 3.58. The minimum atomic E-state index is -0.482.